The molecule has 0 radical (unpaired) electrons. The molecule has 1 fully saturated rings. The van der Waals surface area contributed by atoms with E-state index in [4.69, 9.17) is 9.47 Å². The van der Waals surface area contributed by atoms with Crippen LogP contribution in [0.2, 0.25) is 0 Å². The van der Waals surface area contributed by atoms with Gasteiger partial charge in [0.15, 0.2) is 0 Å². The first-order valence-corrected chi connectivity index (χ1v) is 7.50. The first-order chi connectivity index (χ1) is 10.1. The summed E-state index contributed by atoms with van der Waals surface area (Å²) in [5.74, 6) is 0.181. The molecule has 1 atom stereocenters. The van der Waals surface area contributed by atoms with Crippen LogP contribution in [0.5, 0.6) is 0 Å². The molecule has 2 rings (SSSR count). The van der Waals surface area contributed by atoms with Crippen LogP contribution in [0.25, 0.3) is 0 Å². The van der Waals surface area contributed by atoms with Gasteiger partial charge in [-0.05, 0) is 25.8 Å². The third kappa shape index (κ3) is 4.28. The molecule has 2 heterocycles. The number of aromatic amines is 1. The van der Waals surface area contributed by atoms with Gasteiger partial charge >= 0.3 is 0 Å². The topological polar surface area (TPSA) is 67.5 Å². The number of carbonyl (C=O) groups excluding carboxylic acids is 1. The molecule has 1 aromatic heterocycles. The lowest BCUT2D eigenvalue weighted by molar-refractivity contribution is -0.139. The van der Waals surface area contributed by atoms with Gasteiger partial charge in [0.2, 0.25) is 5.91 Å². The number of H-pyrrole nitrogens is 1. The molecule has 21 heavy (non-hydrogen) atoms. The first kappa shape index (κ1) is 16.0. The Bertz CT molecular complexity index is 473. The predicted molar refractivity (Wildman–Crippen MR) is 79.2 cm³/mol. The zero-order valence-electron chi connectivity index (χ0n) is 13.1. The SMILES string of the molecule is COCC[C@H]1CN(C(=O)CCc2n[nH]c(C)c2C)CCO1. The Kier molecular flexibility index (Phi) is 5.76. The maximum absolute atomic E-state index is 12.3. The van der Waals surface area contributed by atoms with E-state index in [9.17, 15) is 4.79 Å². The zero-order chi connectivity index (χ0) is 15.2. The third-order valence-corrected chi connectivity index (χ3v) is 4.07. The highest BCUT2D eigenvalue weighted by atomic mass is 16.5. The largest absolute Gasteiger partial charge is 0.385 e. The summed E-state index contributed by atoms with van der Waals surface area (Å²) in [7, 11) is 1.68. The van der Waals surface area contributed by atoms with Crippen molar-refractivity contribution in [2.75, 3.05) is 33.4 Å². The van der Waals surface area contributed by atoms with Crippen LogP contribution in [-0.4, -0.2) is 60.5 Å². The highest BCUT2D eigenvalue weighted by Crippen LogP contribution is 2.14. The highest BCUT2D eigenvalue weighted by molar-refractivity contribution is 5.76. The second-order valence-corrected chi connectivity index (χ2v) is 5.53. The van der Waals surface area contributed by atoms with Gasteiger partial charge < -0.3 is 14.4 Å². The lowest BCUT2D eigenvalue weighted by Gasteiger charge is -2.33. The monoisotopic (exact) mass is 295 g/mol. The summed E-state index contributed by atoms with van der Waals surface area (Å²) in [5.41, 5.74) is 3.22. The van der Waals surface area contributed by atoms with E-state index in [1.54, 1.807) is 7.11 Å². The molecule has 1 aliphatic rings. The number of ether oxygens (including phenoxy) is 2. The highest BCUT2D eigenvalue weighted by Gasteiger charge is 2.24. The van der Waals surface area contributed by atoms with Crippen molar-refractivity contribution >= 4 is 5.91 Å². The molecular weight excluding hydrogens is 270 g/mol. The van der Waals surface area contributed by atoms with Gasteiger partial charge in [-0.25, -0.2) is 0 Å². The van der Waals surface area contributed by atoms with Crippen molar-refractivity contribution in [3.63, 3.8) is 0 Å². The Labute approximate surface area is 125 Å². The minimum atomic E-state index is 0.0945. The second kappa shape index (κ2) is 7.56. The van der Waals surface area contributed by atoms with Crippen LogP contribution in [0, 0.1) is 13.8 Å². The van der Waals surface area contributed by atoms with Crippen molar-refractivity contribution in [1.82, 2.24) is 15.1 Å². The van der Waals surface area contributed by atoms with Gasteiger partial charge in [-0.1, -0.05) is 0 Å². The molecule has 1 aromatic rings. The number of aromatic nitrogens is 2. The van der Waals surface area contributed by atoms with Crippen molar-refractivity contribution in [2.45, 2.75) is 39.2 Å². The van der Waals surface area contributed by atoms with Crippen LogP contribution in [0.15, 0.2) is 0 Å². The van der Waals surface area contributed by atoms with Crippen LogP contribution in [0.1, 0.15) is 29.8 Å². The summed E-state index contributed by atoms with van der Waals surface area (Å²) in [6, 6.07) is 0. The van der Waals surface area contributed by atoms with Crippen LogP contribution in [0.4, 0.5) is 0 Å². The first-order valence-electron chi connectivity index (χ1n) is 7.50. The lowest BCUT2D eigenvalue weighted by atomic mass is 10.1. The van der Waals surface area contributed by atoms with Gasteiger partial charge in [0.05, 0.1) is 18.4 Å². The van der Waals surface area contributed by atoms with Crippen LogP contribution >= 0.6 is 0 Å². The molecule has 6 nitrogen and oxygen atoms in total. The molecule has 1 amide bonds. The van der Waals surface area contributed by atoms with Crippen molar-refractivity contribution in [2.24, 2.45) is 0 Å². The van der Waals surface area contributed by atoms with E-state index < -0.39 is 0 Å². The van der Waals surface area contributed by atoms with E-state index in [1.807, 2.05) is 18.7 Å². The van der Waals surface area contributed by atoms with Crippen molar-refractivity contribution < 1.29 is 14.3 Å². The van der Waals surface area contributed by atoms with E-state index in [1.165, 1.54) is 0 Å². The quantitative estimate of drug-likeness (QED) is 0.857. The Morgan fingerprint density at radius 2 is 2.33 bits per heavy atom. The average molecular weight is 295 g/mol. The molecular formula is C15H25N3O3. The molecule has 0 spiro atoms. The number of hydrogen-bond acceptors (Lipinski definition) is 4. The molecule has 1 aliphatic heterocycles. The summed E-state index contributed by atoms with van der Waals surface area (Å²) >= 11 is 0. The van der Waals surface area contributed by atoms with E-state index in [0.29, 0.717) is 39.1 Å². The van der Waals surface area contributed by atoms with Crippen molar-refractivity contribution in [3.8, 4) is 0 Å². The predicted octanol–water partition coefficient (Wildman–Crippen LogP) is 1.22. The standard InChI is InChI=1S/C15H25N3O3/c1-11-12(2)16-17-14(11)4-5-15(19)18-7-9-21-13(10-18)6-8-20-3/h13H,4-10H2,1-3H3,(H,16,17)/t13-/m0/s1. The molecule has 1 saturated heterocycles. The summed E-state index contributed by atoms with van der Waals surface area (Å²) in [6.07, 6.45) is 2.12. The van der Waals surface area contributed by atoms with Gasteiger partial charge in [0.1, 0.15) is 0 Å². The Balaban J connectivity index is 1.81. The number of nitrogens with one attached hydrogen (secondary N) is 1. The fourth-order valence-electron chi connectivity index (χ4n) is 2.53. The number of amides is 1. The van der Waals surface area contributed by atoms with Crippen LogP contribution in [-0.2, 0) is 20.7 Å². The van der Waals surface area contributed by atoms with E-state index >= 15 is 0 Å². The fourth-order valence-corrected chi connectivity index (χ4v) is 2.53. The summed E-state index contributed by atoms with van der Waals surface area (Å²) in [4.78, 5) is 14.2. The molecule has 1 N–H and O–H groups in total. The number of hydrogen-bond donors (Lipinski definition) is 1. The summed E-state index contributed by atoms with van der Waals surface area (Å²) in [6.45, 7) is 6.66. The maximum Gasteiger partial charge on any atom is 0.223 e. The van der Waals surface area contributed by atoms with Crippen LogP contribution in [0.3, 0.4) is 0 Å². The molecule has 6 heteroatoms. The Morgan fingerprint density at radius 1 is 1.52 bits per heavy atom. The molecule has 0 bridgehead atoms. The smallest absolute Gasteiger partial charge is 0.223 e. The molecule has 0 saturated carbocycles. The summed E-state index contributed by atoms with van der Waals surface area (Å²) in [5, 5.41) is 7.21. The number of aryl methyl sites for hydroxylation is 2. The molecule has 0 aromatic carbocycles. The number of carbonyl (C=O) groups is 1. The summed E-state index contributed by atoms with van der Waals surface area (Å²) < 4.78 is 10.7. The normalized spacial score (nSPS) is 19.0. The van der Waals surface area contributed by atoms with E-state index in [2.05, 4.69) is 10.2 Å². The van der Waals surface area contributed by atoms with Crippen molar-refractivity contribution in [3.05, 3.63) is 17.0 Å². The number of morpholine rings is 1. The van der Waals surface area contributed by atoms with Crippen LogP contribution < -0.4 is 0 Å². The van der Waals surface area contributed by atoms with Crippen molar-refractivity contribution in [1.29, 1.82) is 0 Å². The van der Waals surface area contributed by atoms with E-state index in [0.717, 1.165) is 23.4 Å². The van der Waals surface area contributed by atoms with Gasteiger partial charge in [-0.15, -0.1) is 0 Å². The van der Waals surface area contributed by atoms with Gasteiger partial charge in [-0.2, -0.15) is 5.10 Å². The minimum Gasteiger partial charge on any atom is -0.385 e. The average Bonchev–Trinajstić information content (AvgIpc) is 2.82. The number of methoxy groups -OCH3 is 1. The molecule has 0 aliphatic carbocycles. The maximum atomic E-state index is 12.3. The Morgan fingerprint density at radius 3 is 3.00 bits per heavy atom. The van der Waals surface area contributed by atoms with Gasteiger partial charge in [0, 0.05) is 45.3 Å². The lowest BCUT2D eigenvalue weighted by Crippen LogP contribution is -2.46. The number of rotatable bonds is 6. The van der Waals surface area contributed by atoms with Gasteiger partial charge in [0.25, 0.3) is 0 Å². The minimum absolute atomic E-state index is 0.0945. The van der Waals surface area contributed by atoms with E-state index in [-0.39, 0.29) is 12.0 Å². The Hall–Kier alpha value is -1.40. The third-order valence-electron chi connectivity index (χ3n) is 4.07. The zero-order valence-corrected chi connectivity index (χ0v) is 13.1. The van der Waals surface area contributed by atoms with Gasteiger partial charge in [-0.3, -0.25) is 9.89 Å². The second-order valence-electron chi connectivity index (χ2n) is 5.53. The fraction of sp³-hybridized carbons (Fsp3) is 0.733. The number of nitrogens with zero attached hydrogens (tertiary/aromatic N) is 2. The molecule has 0 unspecified atom stereocenters. The molecule has 118 valence electrons.